The maximum Gasteiger partial charge on any atom is 0.134 e. The number of thioether (sulfide) groups is 1. The van der Waals surface area contributed by atoms with Gasteiger partial charge in [0.2, 0.25) is 0 Å². The average molecular weight is 301 g/mol. The van der Waals surface area contributed by atoms with Crippen molar-refractivity contribution in [2.24, 2.45) is 0 Å². The molecule has 4 nitrogen and oxygen atoms in total. The number of phenolic OH excluding ortho intramolecular Hbond substituents is 2. The van der Waals surface area contributed by atoms with E-state index in [1.54, 1.807) is 43.5 Å². The zero-order valence-corrected chi connectivity index (χ0v) is 12.3. The van der Waals surface area contributed by atoms with Gasteiger partial charge in [0.15, 0.2) is 0 Å². The van der Waals surface area contributed by atoms with Crippen LogP contribution in [0, 0.1) is 10.7 Å². The van der Waals surface area contributed by atoms with E-state index in [4.69, 9.17) is 10.00 Å². The largest absolute Gasteiger partial charge is 0.508 e. The number of benzene rings is 2. The average Bonchev–Trinajstić information content (AvgIpc) is 2.49. The van der Waals surface area contributed by atoms with Gasteiger partial charge in [0.05, 0.1) is 11.9 Å². The SMILES string of the molecule is COCc1cc(C(SC#N)c2ccc(O)cc2)ccc1O. The summed E-state index contributed by atoms with van der Waals surface area (Å²) in [5, 5.41) is 30.1. The van der Waals surface area contributed by atoms with Gasteiger partial charge in [-0.1, -0.05) is 18.2 Å². The van der Waals surface area contributed by atoms with Gasteiger partial charge >= 0.3 is 0 Å². The fourth-order valence-corrected chi connectivity index (χ4v) is 2.75. The fraction of sp³-hybridized carbons (Fsp3) is 0.188. The maximum atomic E-state index is 9.80. The maximum absolute atomic E-state index is 9.80. The molecule has 5 heteroatoms. The molecular weight excluding hydrogens is 286 g/mol. The van der Waals surface area contributed by atoms with Gasteiger partial charge in [0, 0.05) is 12.7 Å². The van der Waals surface area contributed by atoms with E-state index in [0.717, 1.165) is 22.9 Å². The van der Waals surface area contributed by atoms with E-state index in [1.165, 1.54) is 0 Å². The van der Waals surface area contributed by atoms with Crippen LogP contribution in [0.4, 0.5) is 0 Å². The lowest BCUT2D eigenvalue weighted by molar-refractivity contribution is 0.182. The highest BCUT2D eigenvalue weighted by atomic mass is 32.2. The van der Waals surface area contributed by atoms with Crippen molar-refractivity contribution in [3.05, 3.63) is 59.2 Å². The standard InChI is InChI=1S/C16H15NO3S/c1-20-9-13-8-12(4-7-15(13)19)16(21-10-17)11-2-5-14(18)6-3-11/h2-8,16,18-19H,9H2,1H3. The molecule has 2 rings (SSSR count). The molecule has 0 aliphatic heterocycles. The first-order valence-corrected chi connectivity index (χ1v) is 7.18. The smallest absolute Gasteiger partial charge is 0.134 e. The minimum absolute atomic E-state index is 0.173. The number of thiocyanates is 1. The van der Waals surface area contributed by atoms with E-state index in [0.29, 0.717) is 12.2 Å². The first-order chi connectivity index (χ1) is 10.2. The summed E-state index contributed by atoms with van der Waals surface area (Å²) in [5.41, 5.74) is 2.49. The van der Waals surface area contributed by atoms with Crippen LogP contribution in [-0.2, 0) is 11.3 Å². The number of aromatic hydroxyl groups is 2. The van der Waals surface area contributed by atoms with Crippen molar-refractivity contribution < 1.29 is 14.9 Å². The Morgan fingerprint density at radius 3 is 2.43 bits per heavy atom. The van der Waals surface area contributed by atoms with Crippen LogP contribution in [0.25, 0.3) is 0 Å². The summed E-state index contributed by atoms with van der Waals surface area (Å²) >= 11 is 1.12. The minimum Gasteiger partial charge on any atom is -0.508 e. The van der Waals surface area contributed by atoms with E-state index in [1.807, 2.05) is 6.07 Å². The number of ether oxygens (including phenoxy) is 1. The first kappa shape index (κ1) is 15.2. The second-order valence-electron chi connectivity index (χ2n) is 4.50. The summed E-state index contributed by atoms with van der Waals surface area (Å²) in [5.74, 6) is 0.359. The van der Waals surface area contributed by atoms with E-state index in [2.05, 4.69) is 5.40 Å². The molecule has 0 saturated carbocycles. The van der Waals surface area contributed by atoms with Gasteiger partial charge in [-0.05, 0) is 47.2 Å². The van der Waals surface area contributed by atoms with E-state index in [9.17, 15) is 10.2 Å². The molecule has 108 valence electrons. The van der Waals surface area contributed by atoms with Gasteiger partial charge in [-0.2, -0.15) is 5.26 Å². The van der Waals surface area contributed by atoms with Crippen LogP contribution >= 0.6 is 11.8 Å². The van der Waals surface area contributed by atoms with Crippen LogP contribution in [0.2, 0.25) is 0 Å². The lowest BCUT2D eigenvalue weighted by Gasteiger charge is -2.16. The van der Waals surface area contributed by atoms with Gasteiger partial charge < -0.3 is 14.9 Å². The molecule has 0 heterocycles. The van der Waals surface area contributed by atoms with Crippen molar-refractivity contribution >= 4 is 11.8 Å². The van der Waals surface area contributed by atoms with Gasteiger partial charge in [0.1, 0.15) is 16.9 Å². The molecule has 2 aromatic rings. The summed E-state index contributed by atoms with van der Waals surface area (Å²) in [4.78, 5) is 0. The van der Waals surface area contributed by atoms with Crippen molar-refractivity contribution in [3.8, 4) is 16.9 Å². The molecule has 0 aliphatic rings. The predicted octanol–water partition coefficient (Wildman–Crippen LogP) is 3.55. The van der Waals surface area contributed by atoms with Gasteiger partial charge in [-0.3, -0.25) is 0 Å². The molecule has 1 unspecified atom stereocenters. The molecule has 21 heavy (non-hydrogen) atoms. The number of hydrogen-bond donors (Lipinski definition) is 2. The molecule has 0 radical (unpaired) electrons. The Hall–Kier alpha value is -2.16. The molecule has 0 saturated heterocycles. The highest BCUT2D eigenvalue weighted by molar-refractivity contribution is 8.04. The molecule has 0 fully saturated rings. The molecule has 0 amide bonds. The van der Waals surface area contributed by atoms with Crippen molar-refractivity contribution in [1.82, 2.24) is 0 Å². The number of hydrogen-bond acceptors (Lipinski definition) is 5. The number of rotatable bonds is 5. The van der Waals surface area contributed by atoms with Crippen LogP contribution in [0.1, 0.15) is 21.9 Å². The topological polar surface area (TPSA) is 73.5 Å². The van der Waals surface area contributed by atoms with E-state index < -0.39 is 0 Å². The Kier molecular flexibility index (Phi) is 5.09. The van der Waals surface area contributed by atoms with E-state index >= 15 is 0 Å². The number of methoxy groups -OCH3 is 1. The summed E-state index contributed by atoms with van der Waals surface area (Å²) in [7, 11) is 1.56. The Balaban J connectivity index is 2.40. The first-order valence-electron chi connectivity index (χ1n) is 6.30. The van der Waals surface area contributed by atoms with Crippen molar-refractivity contribution in [1.29, 1.82) is 5.26 Å². The molecule has 0 aromatic heterocycles. The van der Waals surface area contributed by atoms with Crippen molar-refractivity contribution in [3.63, 3.8) is 0 Å². The van der Waals surface area contributed by atoms with E-state index in [-0.39, 0.29) is 16.7 Å². The molecule has 0 bridgehead atoms. The number of nitrogens with zero attached hydrogens (tertiary/aromatic N) is 1. The number of nitriles is 1. The third-order valence-electron chi connectivity index (χ3n) is 3.07. The molecule has 0 aliphatic carbocycles. The third kappa shape index (κ3) is 3.69. The predicted molar refractivity (Wildman–Crippen MR) is 82.0 cm³/mol. The monoisotopic (exact) mass is 301 g/mol. The van der Waals surface area contributed by atoms with Crippen molar-refractivity contribution in [2.75, 3.05) is 7.11 Å². The van der Waals surface area contributed by atoms with Crippen LogP contribution < -0.4 is 0 Å². The summed E-state index contributed by atoms with van der Waals surface area (Å²) in [6.45, 7) is 0.305. The van der Waals surface area contributed by atoms with Crippen LogP contribution in [-0.4, -0.2) is 17.3 Å². The normalized spacial score (nSPS) is 11.8. The lowest BCUT2D eigenvalue weighted by Crippen LogP contribution is -1.98. The summed E-state index contributed by atoms with van der Waals surface area (Å²) in [6, 6.07) is 12.0. The van der Waals surface area contributed by atoms with Gasteiger partial charge in [0.25, 0.3) is 0 Å². The zero-order chi connectivity index (χ0) is 15.2. The quantitative estimate of drug-likeness (QED) is 0.826. The Morgan fingerprint density at radius 2 is 1.81 bits per heavy atom. The Labute approximate surface area is 127 Å². The van der Waals surface area contributed by atoms with Crippen LogP contribution in [0.5, 0.6) is 11.5 Å². The minimum atomic E-state index is -0.188. The summed E-state index contributed by atoms with van der Waals surface area (Å²) in [6.07, 6.45) is 0. The Morgan fingerprint density at radius 1 is 1.14 bits per heavy atom. The van der Waals surface area contributed by atoms with Crippen LogP contribution in [0.3, 0.4) is 0 Å². The fourth-order valence-electron chi connectivity index (χ4n) is 2.07. The number of phenols is 2. The molecular formula is C16H15NO3S. The highest BCUT2D eigenvalue weighted by Gasteiger charge is 2.16. The van der Waals surface area contributed by atoms with Gasteiger partial charge in [-0.15, -0.1) is 0 Å². The van der Waals surface area contributed by atoms with Crippen LogP contribution in [0.15, 0.2) is 42.5 Å². The summed E-state index contributed by atoms with van der Waals surface area (Å²) < 4.78 is 5.06. The second kappa shape index (κ2) is 7.02. The molecule has 2 N–H and O–H groups in total. The van der Waals surface area contributed by atoms with Gasteiger partial charge in [-0.25, -0.2) is 0 Å². The third-order valence-corrected chi connectivity index (χ3v) is 3.96. The molecule has 0 spiro atoms. The Bertz CT molecular complexity index is 650. The molecule has 1 atom stereocenters. The zero-order valence-electron chi connectivity index (χ0n) is 11.5. The second-order valence-corrected chi connectivity index (χ2v) is 5.39. The lowest BCUT2D eigenvalue weighted by atomic mass is 10.0. The van der Waals surface area contributed by atoms with Crippen molar-refractivity contribution in [2.45, 2.75) is 11.9 Å². The molecule has 2 aromatic carbocycles. The highest BCUT2D eigenvalue weighted by Crippen LogP contribution is 2.37.